The van der Waals surface area contributed by atoms with Crippen molar-refractivity contribution in [2.75, 3.05) is 31.7 Å². The minimum absolute atomic E-state index is 0.553. The average molecular weight is 291 g/mol. The average Bonchev–Trinajstić information content (AvgIpc) is 3.34. The van der Waals surface area contributed by atoms with E-state index in [1.807, 2.05) is 6.20 Å². The third-order valence-corrected chi connectivity index (χ3v) is 4.19. The topological polar surface area (TPSA) is 37.4 Å². The molecule has 4 heteroatoms. The number of hydrogen-bond acceptors (Lipinski definition) is 4. The predicted molar refractivity (Wildman–Crippen MR) is 87.6 cm³/mol. The van der Waals surface area contributed by atoms with E-state index < -0.39 is 0 Å². The Kier molecular flexibility index (Phi) is 6.46. The Hall–Kier alpha value is -1.13. The molecular weight excluding hydrogens is 262 g/mol. The Bertz CT molecular complexity index is 403. The van der Waals surface area contributed by atoms with Gasteiger partial charge in [-0.3, -0.25) is 0 Å². The van der Waals surface area contributed by atoms with Crippen molar-refractivity contribution in [1.29, 1.82) is 0 Å². The highest BCUT2D eigenvalue weighted by Gasteiger charge is 2.32. The molecule has 0 saturated heterocycles. The van der Waals surface area contributed by atoms with Gasteiger partial charge in [0.2, 0.25) is 0 Å². The Morgan fingerprint density at radius 2 is 2.24 bits per heavy atom. The molecule has 1 aromatic heterocycles. The van der Waals surface area contributed by atoms with E-state index in [0.29, 0.717) is 6.04 Å². The molecule has 1 N–H and O–H groups in total. The van der Waals surface area contributed by atoms with Gasteiger partial charge in [0.05, 0.1) is 6.61 Å². The Morgan fingerprint density at radius 3 is 2.81 bits per heavy atom. The summed E-state index contributed by atoms with van der Waals surface area (Å²) in [6.07, 6.45) is 5.86. The summed E-state index contributed by atoms with van der Waals surface area (Å²) in [5.74, 6) is 1.90. The Labute approximate surface area is 128 Å². The van der Waals surface area contributed by atoms with E-state index in [4.69, 9.17) is 4.74 Å². The molecule has 21 heavy (non-hydrogen) atoms. The van der Waals surface area contributed by atoms with Gasteiger partial charge in [-0.2, -0.15) is 0 Å². The van der Waals surface area contributed by atoms with Crippen LogP contribution in [-0.4, -0.2) is 37.8 Å². The van der Waals surface area contributed by atoms with Gasteiger partial charge in [-0.1, -0.05) is 13.0 Å². The first-order chi connectivity index (χ1) is 10.3. The fourth-order valence-corrected chi connectivity index (χ4v) is 2.65. The number of pyridine rings is 1. The molecule has 2 rings (SSSR count). The molecule has 1 unspecified atom stereocenters. The zero-order valence-corrected chi connectivity index (χ0v) is 13.6. The lowest BCUT2D eigenvalue weighted by Gasteiger charge is -2.30. The third kappa shape index (κ3) is 4.97. The number of methoxy groups -OCH3 is 1. The van der Waals surface area contributed by atoms with Crippen LogP contribution in [0.5, 0.6) is 0 Å². The lowest BCUT2D eigenvalue weighted by atomic mass is 10.1. The fraction of sp³-hybridized carbons (Fsp3) is 0.706. The van der Waals surface area contributed by atoms with Crippen LogP contribution in [-0.2, 0) is 11.3 Å². The summed E-state index contributed by atoms with van der Waals surface area (Å²) in [5.41, 5.74) is 1.25. The highest BCUT2D eigenvalue weighted by Crippen LogP contribution is 2.36. The van der Waals surface area contributed by atoms with E-state index in [1.54, 1.807) is 7.11 Å². The number of ether oxygens (including phenoxy) is 1. The number of rotatable bonds is 10. The van der Waals surface area contributed by atoms with Gasteiger partial charge in [-0.15, -0.1) is 0 Å². The van der Waals surface area contributed by atoms with Crippen LogP contribution in [0.15, 0.2) is 18.3 Å². The second-order valence-corrected chi connectivity index (χ2v) is 5.97. The maximum Gasteiger partial charge on any atom is 0.128 e. The van der Waals surface area contributed by atoms with Crippen LogP contribution in [0.2, 0.25) is 0 Å². The summed E-state index contributed by atoms with van der Waals surface area (Å²) < 4.78 is 5.25. The smallest absolute Gasteiger partial charge is 0.128 e. The molecule has 1 aliphatic rings. The fourth-order valence-electron chi connectivity index (χ4n) is 2.65. The van der Waals surface area contributed by atoms with E-state index in [-0.39, 0.29) is 0 Å². The molecule has 0 aliphatic heterocycles. The Morgan fingerprint density at radius 1 is 1.43 bits per heavy atom. The molecule has 0 aromatic carbocycles. The first kappa shape index (κ1) is 16.2. The number of hydrogen-bond donors (Lipinski definition) is 1. The number of aromatic nitrogens is 1. The van der Waals surface area contributed by atoms with Crippen LogP contribution in [0.25, 0.3) is 0 Å². The van der Waals surface area contributed by atoms with Crippen LogP contribution in [0.4, 0.5) is 5.82 Å². The van der Waals surface area contributed by atoms with E-state index in [9.17, 15) is 0 Å². The van der Waals surface area contributed by atoms with Gasteiger partial charge in [0.1, 0.15) is 5.82 Å². The molecule has 1 fully saturated rings. The second kappa shape index (κ2) is 8.35. The van der Waals surface area contributed by atoms with Crippen molar-refractivity contribution < 1.29 is 4.74 Å². The van der Waals surface area contributed by atoms with Crippen LogP contribution >= 0.6 is 0 Å². The van der Waals surface area contributed by atoms with E-state index in [2.05, 4.69) is 41.2 Å². The molecule has 1 aromatic rings. The highest BCUT2D eigenvalue weighted by atomic mass is 16.5. The quantitative estimate of drug-likeness (QED) is 0.673. The largest absolute Gasteiger partial charge is 0.383 e. The molecule has 0 bridgehead atoms. The van der Waals surface area contributed by atoms with Crippen molar-refractivity contribution in [1.82, 2.24) is 10.3 Å². The summed E-state index contributed by atoms with van der Waals surface area (Å²) >= 11 is 0. The summed E-state index contributed by atoms with van der Waals surface area (Å²) in [6, 6.07) is 4.89. The van der Waals surface area contributed by atoms with Crippen LogP contribution in [0.1, 0.15) is 38.7 Å². The summed E-state index contributed by atoms with van der Waals surface area (Å²) in [6.45, 7) is 8.11. The zero-order chi connectivity index (χ0) is 15.1. The van der Waals surface area contributed by atoms with Crippen LogP contribution in [0, 0.1) is 5.92 Å². The first-order valence-corrected chi connectivity index (χ1v) is 8.17. The molecule has 0 spiro atoms. The maximum absolute atomic E-state index is 5.25. The lowest BCUT2D eigenvalue weighted by molar-refractivity contribution is 0.202. The highest BCUT2D eigenvalue weighted by molar-refractivity contribution is 5.41. The van der Waals surface area contributed by atoms with Gasteiger partial charge in [-0.25, -0.2) is 4.98 Å². The molecule has 0 amide bonds. The molecule has 4 nitrogen and oxygen atoms in total. The van der Waals surface area contributed by atoms with Crippen molar-refractivity contribution in [2.24, 2.45) is 5.92 Å². The molecule has 1 atom stereocenters. The summed E-state index contributed by atoms with van der Waals surface area (Å²) in [7, 11) is 1.76. The first-order valence-electron chi connectivity index (χ1n) is 8.17. The van der Waals surface area contributed by atoms with E-state index >= 15 is 0 Å². The molecule has 118 valence electrons. The molecule has 1 heterocycles. The lowest BCUT2D eigenvalue weighted by Crippen LogP contribution is -2.37. The monoisotopic (exact) mass is 291 g/mol. The predicted octanol–water partition coefficient (Wildman–Crippen LogP) is 2.83. The molecule has 1 saturated carbocycles. The molecule has 1 aliphatic carbocycles. The minimum atomic E-state index is 0.553. The third-order valence-electron chi connectivity index (χ3n) is 4.19. The number of nitrogens with zero attached hydrogens (tertiary/aromatic N) is 2. The summed E-state index contributed by atoms with van der Waals surface area (Å²) in [4.78, 5) is 7.07. The molecule has 0 radical (unpaired) electrons. The van der Waals surface area contributed by atoms with Gasteiger partial charge in [0.25, 0.3) is 0 Å². The van der Waals surface area contributed by atoms with Gasteiger partial charge < -0.3 is 15.0 Å². The maximum atomic E-state index is 5.25. The van der Waals surface area contributed by atoms with Gasteiger partial charge in [-0.05, 0) is 50.3 Å². The Balaban J connectivity index is 1.97. The van der Waals surface area contributed by atoms with Gasteiger partial charge >= 0.3 is 0 Å². The number of anilines is 1. The minimum Gasteiger partial charge on any atom is -0.383 e. The van der Waals surface area contributed by atoms with Crippen molar-refractivity contribution in [3.8, 4) is 0 Å². The van der Waals surface area contributed by atoms with E-state index in [1.165, 1.54) is 18.4 Å². The van der Waals surface area contributed by atoms with Crippen molar-refractivity contribution in [2.45, 2.75) is 45.7 Å². The van der Waals surface area contributed by atoms with Crippen LogP contribution in [0.3, 0.4) is 0 Å². The van der Waals surface area contributed by atoms with Crippen molar-refractivity contribution in [3.63, 3.8) is 0 Å². The molecular formula is C17H29N3O. The second-order valence-electron chi connectivity index (χ2n) is 5.97. The number of nitrogens with one attached hydrogen (secondary N) is 1. The van der Waals surface area contributed by atoms with Gasteiger partial charge in [0.15, 0.2) is 0 Å². The zero-order valence-electron chi connectivity index (χ0n) is 13.6. The van der Waals surface area contributed by atoms with Crippen molar-refractivity contribution >= 4 is 5.82 Å². The van der Waals surface area contributed by atoms with Crippen LogP contribution < -0.4 is 10.2 Å². The van der Waals surface area contributed by atoms with Gasteiger partial charge in [0, 0.05) is 32.4 Å². The SMILES string of the molecule is CCCNCc1ccc(N(CCOC)C(C)C2CC2)nc1. The van der Waals surface area contributed by atoms with E-state index in [0.717, 1.165) is 44.4 Å². The summed E-state index contributed by atoms with van der Waals surface area (Å²) in [5, 5.41) is 3.41. The van der Waals surface area contributed by atoms with Crippen molar-refractivity contribution in [3.05, 3.63) is 23.9 Å². The normalized spacial score (nSPS) is 16.0. The standard InChI is InChI=1S/C17H29N3O/c1-4-9-18-12-15-5-8-17(19-13-15)20(10-11-21-3)14(2)16-6-7-16/h5,8,13-14,16,18H,4,6-7,9-12H2,1-3H3.